The number of aliphatic hydroxyl groups is 1. The lowest BCUT2D eigenvalue weighted by Crippen LogP contribution is -2.50. The highest BCUT2D eigenvalue weighted by molar-refractivity contribution is 5.67. The molecule has 6 heteroatoms. The number of piperidine rings is 1. The molecule has 6 nitrogen and oxygen atoms in total. The van der Waals surface area contributed by atoms with E-state index in [1.807, 2.05) is 25.2 Å². The molecule has 2 aliphatic heterocycles. The zero-order valence-electron chi connectivity index (χ0n) is 13.4. The summed E-state index contributed by atoms with van der Waals surface area (Å²) in [5, 5.41) is 22.8. The Morgan fingerprint density at radius 3 is 3.04 bits per heavy atom. The zero-order chi connectivity index (χ0) is 16.4. The van der Waals surface area contributed by atoms with Crippen molar-refractivity contribution in [2.45, 2.75) is 31.4 Å². The first-order valence-electron chi connectivity index (χ1n) is 8.17. The van der Waals surface area contributed by atoms with Gasteiger partial charge in [-0.1, -0.05) is 6.07 Å². The average molecular weight is 320 g/mol. The molecule has 1 saturated heterocycles. The standard InChI is InChI=1S/C17H24N2O4/c1-18-12-4-5-13-15(8-12)23-10-14(17(13)22)19-6-2-3-11(9-19)7-16(20)21/h4-5,8,11,14,17-18,22H,2-3,6-7,9-10H2,1H3,(H,20,21)/t11?,14-,17+/m0/s1. The number of rotatable bonds is 4. The number of nitrogens with zero attached hydrogens (tertiary/aromatic N) is 1. The maximum absolute atomic E-state index is 10.9. The second kappa shape index (κ2) is 6.76. The maximum atomic E-state index is 10.9. The van der Waals surface area contributed by atoms with E-state index in [4.69, 9.17) is 9.84 Å². The lowest BCUT2D eigenvalue weighted by molar-refractivity contribution is -0.138. The smallest absolute Gasteiger partial charge is 0.303 e. The molecule has 0 aromatic heterocycles. The van der Waals surface area contributed by atoms with E-state index in [0.29, 0.717) is 13.2 Å². The fourth-order valence-corrected chi connectivity index (χ4v) is 3.65. The minimum Gasteiger partial charge on any atom is -0.491 e. The summed E-state index contributed by atoms with van der Waals surface area (Å²) in [4.78, 5) is 13.1. The molecule has 23 heavy (non-hydrogen) atoms. The first-order chi connectivity index (χ1) is 11.1. The van der Waals surface area contributed by atoms with E-state index in [0.717, 1.165) is 36.4 Å². The SMILES string of the molecule is CNc1ccc2c(c1)OC[C@H](N1CCCC(CC(=O)O)C1)[C@@H]2O. The van der Waals surface area contributed by atoms with Crippen LogP contribution < -0.4 is 10.1 Å². The number of hydrogen-bond donors (Lipinski definition) is 3. The quantitative estimate of drug-likeness (QED) is 0.783. The molecule has 1 aromatic rings. The van der Waals surface area contributed by atoms with Gasteiger partial charge >= 0.3 is 5.97 Å². The van der Waals surface area contributed by atoms with E-state index in [-0.39, 0.29) is 18.4 Å². The van der Waals surface area contributed by atoms with Crippen LogP contribution in [0.25, 0.3) is 0 Å². The minimum absolute atomic E-state index is 0.112. The number of carbonyl (C=O) groups is 1. The van der Waals surface area contributed by atoms with Crippen LogP contribution >= 0.6 is 0 Å². The van der Waals surface area contributed by atoms with E-state index < -0.39 is 12.1 Å². The second-order valence-corrected chi connectivity index (χ2v) is 6.43. The van der Waals surface area contributed by atoms with E-state index in [2.05, 4.69) is 10.2 Å². The van der Waals surface area contributed by atoms with Gasteiger partial charge in [0.05, 0.1) is 6.04 Å². The molecule has 0 amide bonds. The number of carboxylic acid groups (broad SMARTS) is 1. The summed E-state index contributed by atoms with van der Waals surface area (Å²) in [6.45, 7) is 2.02. The van der Waals surface area contributed by atoms with Gasteiger partial charge in [-0.15, -0.1) is 0 Å². The maximum Gasteiger partial charge on any atom is 0.303 e. The van der Waals surface area contributed by atoms with Crippen molar-refractivity contribution in [3.8, 4) is 5.75 Å². The zero-order valence-corrected chi connectivity index (χ0v) is 13.4. The van der Waals surface area contributed by atoms with Crippen LogP contribution in [0.5, 0.6) is 5.75 Å². The van der Waals surface area contributed by atoms with Crippen LogP contribution in [-0.4, -0.2) is 53.9 Å². The number of aliphatic carboxylic acids is 1. The number of fused-ring (bicyclic) bond motifs is 1. The molecule has 2 heterocycles. The molecule has 1 unspecified atom stereocenters. The van der Waals surface area contributed by atoms with E-state index in [1.165, 1.54) is 0 Å². The van der Waals surface area contributed by atoms with Crippen LogP contribution in [-0.2, 0) is 4.79 Å². The number of benzene rings is 1. The van der Waals surface area contributed by atoms with Crippen molar-refractivity contribution in [3.05, 3.63) is 23.8 Å². The van der Waals surface area contributed by atoms with Crippen molar-refractivity contribution in [2.24, 2.45) is 5.92 Å². The van der Waals surface area contributed by atoms with Crippen molar-refractivity contribution >= 4 is 11.7 Å². The van der Waals surface area contributed by atoms with Gasteiger partial charge in [-0.05, 0) is 31.4 Å². The first-order valence-corrected chi connectivity index (χ1v) is 8.17. The summed E-state index contributed by atoms with van der Waals surface area (Å²) in [6.07, 6.45) is 1.50. The van der Waals surface area contributed by atoms with Crippen molar-refractivity contribution in [3.63, 3.8) is 0 Å². The third-order valence-electron chi connectivity index (χ3n) is 4.88. The Morgan fingerprint density at radius 2 is 2.30 bits per heavy atom. The van der Waals surface area contributed by atoms with Crippen LogP contribution in [0.15, 0.2) is 18.2 Å². The van der Waals surface area contributed by atoms with Gasteiger partial charge in [0.1, 0.15) is 18.5 Å². The fraction of sp³-hybridized carbons (Fsp3) is 0.588. The van der Waals surface area contributed by atoms with Crippen molar-refractivity contribution in [2.75, 3.05) is 32.1 Å². The Bertz CT molecular complexity index is 578. The molecule has 1 fully saturated rings. The number of anilines is 1. The van der Waals surface area contributed by atoms with Gasteiger partial charge in [0.15, 0.2) is 0 Å². The highest BCUT2D eigenvalue weighted by Crippen LogP contribution is 2.37. The van der Waals surface area contributed by atoms with E-state index >= 15 is 0 Å². The Balaban J connectivity index is 1.72. The normalized spacial score (nSPS) is 27.8. The van der Waals surface area contributed by atoms with Gasteiger partial charge in [-0.25, -0.2) is 0 Å². The van der Waals surface area contributed by atoms with E-state index in [9.17, 15) is 9.90 Å². The molecular weight excluding hydrogens is 296 g/mol. The van der Waals surface area contributed by atoms with Crippen LogP contribution in [0.1, 0.15) is 30.9 Å². The molecule has 2 aliphatic rings. The van der Waals surface area contributed by atoms with Crippen molar-refractivity contribution < 1.29 is 19.7 Å². The second-order valence-electron chi connectivity index (χ2n) is 6.43. The highest BCUT2D eigenvalue weighted by Gasteiger charge is 2.36. The molecule has 0 saturated carbocycles. The summed E-state index contributed by atoms with van der Waals surface area (Å²) < 4.78 is 5.86. The predicted octanol–water partition coefficient (Wildman–Crippen LogP) is 1.71. The number of aliphatic hydroxyl groups excluding tert-OH is 1. The topological polar surface area (TPSA) is 82.0 Å². The first kappa shape index (κ1) is 16.1. The molecule has 0 radical (unpaired) electrons. The summed E-state index contributed by atoms with van der Waals surface area (Å²) in [7, 11) is 1.85. The molecule has 0 spiro atoms. The largest absolute Gasteiger partial charge is 0.491 e. The number of nitrogens with one attached hydrogen (secondary N) is 1. The monoisotopic (exact) mass is 320 g/mol. The molecule has 0 bridgehead atoms. The van der Waals surface area contributed by atoms with Gasteiger partial charge in [-0.3, -0.25) is 9.69 Å². The van der Waals surface area contributed by atoms with Gasteiger partial charge in [0.25, 0.3) is 0 Å². The Kier molecular flexibility index (Phi) is 4.73. The summed E-state index contributed by atoms with van der Waals surface area (Å²) >= 11 is 0. The van der Waals surface area contributed by atoms with Gasteiger partial charge in [0, 0.05) is 37.3 Å². The summed E-state index contributed by atoms with van der Waals surface area (Å²) in [5.41, 5.74) is 1.76. The molecule has 1 aromatic carbocycles. The Labute approximate surface area is 136 Å². The number of carboxylic acids is 1. The van der Waals surface area contributed by atoms with E-state index in [1.54, 1.807) is 0 Å². The molecule has 3 N–H and O–H groups in total. The highest BCUT2D eigenvalue weighted by atomic mass is 16.5. The Hall–Kier alpha value is -1.79. The Morgan fingerprint density at radius 1 is 1.48 bits per heavy atom. The van der Waals surface area contributed by atoms with Gasteiger partial charge in [-0.2, -0.15) is 0 Å². The predicted molar refractivity (Wildman–Crippen MR) is 86.8 cm³/mol. The third-order valence-corrected chi connectivity index (χ3v) is 4.88. The van der Waals surface area contributed by atoms with Crippen LogP contribution in [0.2, 0.25) is 0 Å². The van der Waals surface area contributed by atoms with Crippen LogP contribution in [0.4, 0.5) is 5.69 Å². The number of hydrogen-bond acceptors (Lipinski definition) is 5. The molecule has 3 atom stereocenters. The van der Waals surface area contributed by atoms with Crippen molar-refractivity contribution in [1.82, 2.24) is 4.90 Å². The summed E-state index contributed by atoms with van der Waals surface area (Å²) in [5.74, 6) is 0.128. The molecule has 126 valence electrons. The summed E-state index contributed by atoms with van der Waals surface area (Å²) in [6, 6.07) is 5.62. The number of likely N-dealkylation sites (tertiary alicyclic amines) is 1. The average Bonchev–Trinajstić information content (AvgIpc) is 2.54. The van der Waals surface area contributed by atoms with Crippen molar-refractivity contribution in [1.29, 1.82) is 0 Å². The fourth-order valence-electron chi connectivity index (χ4n) is 3.65. The minimum atomic E-state index is -0.748. The lowest BCUT2D eigenvalue weighted by Gasteiger charge is -2.42. The molecule has 0 aliphatic carbocycles. The van der Waals surface area contributed by atoms with Crippen LogP contribution in [0.3, 0.4) is 0 Å². The lowest BCUT2D eigenvalue weighted by atomic mass is 9.91. The molecule has 3 rings (SSSR count). The third kappa shape index (κ3) is 3.43. The van der Waals surface area contributed by atoms with Crippen LogP contribution in [0, 0.1) is 5.92 Å². The molecular formula is C17H24N2O4. The number of ether oxygens (including phenoxy) is 1. The van der Waals surface area contributed by atoms with Gasteiger partial charge < -0.3 is 20.3 Å². The van der Waals surface area contributed by atoms with Gasteiger partial charge in [0.2, 0.25) is 0 Å².